The van der Waals surface area contributed by atoms with E-state index in [0.717, 1.165) is 18.6 Å². The number of carbonyl (C=O) groups is 1. The van der Waals surface area contributed by atoms with Crippen LogP contribution in [-0.4, -0.2) is 41.7 Å². The molecule has 0 bridgehead atoms. The summed E-state index contributed by atoms with van der Waals surface area (Å²) in [6.45, 7) is 4.70. The summed E-state index contributed by atoms with van der Waals surface area (Å²) in [5.74, 6) is -0.153. The van der Waals surface area contributed by atoms with Gasteiger partial charge in [-0.3, -0.25) is 4.79 Å². The van der Waals surface area contributed by atoms with Gasteiger partial charge in [-0.2, -0.15) is 13.2 Å². The van der Waals surface area contributed by atoms with Gasteiger partial charge in [0.1, 0.15) is 6.10 Å². The number of hydrogen-bond acceptors (Lipinski definition) is 3. The molecule has 0 radical (unpaired) electrons. The Morgan fingerprint density at radius 1 is 1.36 bits per heavy atom. The van der Waals surface area contributed by atoms with Gasteiger partial charge in [-0.1, -0.05) is 19.1 Å². The fourth-order valence-electron chi connectivity index (χ4n) is 2.99. The third-order valence-electron chi connectivity index (χ3n) is 4.55. The van der Waals surface area contributed by atoms with Gasteiger partial charge in [0, 0.05) is 19.7 Å². The molecule has 0 saturated carbocycles. The van der Waals surface area contributed by atoms with Crippen LogP contribution in [0.4, 0.5) is 13.2 Å². The predicted octanol–water partition coefficient (Wildman–Crippen LogP) is 3.33. The van der Waals surface area contributed by atoms with Crippen molar-refractivity contribution in [3.05, 3.63) is 35.4 Å². The Morgan fingerprint density at radius 2 is 2.00 bits per heavy atom. The lowest BCUT2D eigenvalue weighted by Crippen LogP contribution is -2.48. The van der Waals surface area contributed by atoms with E-state index in [1.54, 1.807) is 11.8 Å². The minimum absolute atomic E-state index is 0.153. The van der Waals surface area contributed by atoms with Gasteiger partial charge >= 0.3 is 6.18 Å². The molecule has 0 aromatic heterocycles. The van der Waals surface area contributed by atoms with Crippen molar-refractivity contribution in [3.8, 4) is 0 Å². The molecule has 25 heavy (non-hydrogen) atoms. The third-order valence-corrected chi connectivity index (χ3v) is 4.55. The molecule has 0 spiro atoms. The topological polar surface area (TPSA) is 49.8 Å². The van der Waals surface area contributed by atoms with Crippen molar-refractivity contribution < 1.29 is 27.8 Å². The molecule has 1 heterocycles. The average molecular weight is 359 g/mol. The molecule has 1 aliphatic heterocycles. The van der Waals surface area contributed by atoms with E-state index < -0.39 is 23.4 Å². The van der Waals surface area contributed by atoms with Gasteiger partial charge in [-0.25, -0.2) is 0 Å². The Kier molecular flexibility index (Phi) is 6.11. The summed E-state index contributed by atoms with van der Waals surface area (Å²) >= 11 is 0. The van der Waals surface area contributed by atoms with Crippen LogP contribution in [0.1, 0.15) is 44.2 Å². The second-order valence-electron chi connectivity index (χ2n) is 6.45. The SMILES string of the molecule is CCCO[C@@H](C)C(=O)N1CCC(O)(c2cccc(C(F)(F)F)c2)CC1. The molecule has 1 fully saturated rings. The van der Waals surface area contributed by atoms with E-state index in [9.17, 15) is 23.1 Å². The number of piperidine rings is 1. The largest absolute Gasteiger partial charge is 0.416 e. The maximum Gasteiger partial charge on any atom is 0.416 e. The second kappa shape index (κ2) is 7.74. The summed E-state index contributed by atoms with van der Waals surface area (Å²) in [5.41, 5.74) is -1.89. The lowest BCUT2D eigenvalue weighted by atomic mass is 9.83. The van der Waals surface area contributed by atoms with Gasteiger partial charge in [0.05, 0.1) is 11.2 Å². The number of ether oxygens (including phenoxy) is 1. The van der Waals surface area contributed by atoms with E-state index in [4.69, 9.17) is 4.74 Å². The number of alkyl halides is 3. The highest BCUT2D eigenvalue weighted by molar-refractivity contribution is 5.80. The summed E-state index contributed by atoms with van der Waals surface area (Å²) in [7, 11) is 0. The first-order valence-electron chi connectivity index (χ1n) is 8.48. The average Bonchev–Trinajstić information content (AvgIpc) is 2.59. The minimum Gasteiger partial charge on any atom is -0.385 e. The quantitative estimate of drug-likeness (QED) is 0.877. The van der Waals surface area contributed by atoms with Gasteiger partial charge < -0.3 is 14.7 Å². The van der Waals surface area contributed by atoms with Crippen molar-refractivity contribution >= 4 is 5.91 Å². The maximum absolute atomic E-state index is 12.9. The highest BCUT2D eigenvalue weighted by Crippen LogP contribution is 2.36. The number of halogens is 3. The van der Waals surface area contributed by atoms with Crippen LogP contribution >= 0.6 is 0 Å². The molecule has 1 aliphatic rings. The molecule has 1 atom stereocenters. The zero-order valence-electron chi connectivity index (χ0n) is 14.5. The number of aliphatic hydroxyl groups is 1. The predicted molar refractivity (Wildman–Crippen MR) is 86.9 cm³/mol. The summed E-state index contributed by atoms with van der Waals surface area (Å²) in [6.07, 6.45) is -3.80. The molecule has 0 unspecified atom stereocenters. The summed E-state index contributed by atoms with van der Waals surface area (Å²) in [4.78, 5) is 13.9. The molecular formula is C18H24F3NO3. The molecule has 4 nitrogen and oxygen atoms in total. The summed E-state index contributed by atoms with van der Waals surface area (Å²) in [5, 5.41) is 10.8. The van der Waals surface area contributed by atoms with Crippen molar-refractivity contribution in [2.75, 3.05) is 19.7 Å². The van der Waals surface area contributed by atoms with Gasteiger partial charge in [-0.15, -0.1) is 0 Å². The molecule has 1 saturated heterocycles. The lowest BCUT2D eigenvalue weighted by Gasteiger charge is -2.39. The number of nitrogens with zero attached hydrogens (tertiary/aromatic N) is 1. The number of carbonyl (C=O) groups excluding carboxylic acids is 1. The number of rotatable bonds is 5. The van der Waals surface area contributed by atoms with E-state index in [1.165, 1.54) is 12.1 Å². The van der Waals surface area contributed by atoms with Crippen molar-refractivity contribution in [3.63, 3.8) is 0 Å². The van der Waals surface area contributed by atoms with Crippen LogP contribution in [0.2, 0.25) is 0 Å². The number of benzene rings is 1. The first kappa shape index (κ1) is 19.7. The highest BCUT2D eigenvalue weighted by atomic mass is 19.4. The first-order valence-corrected chi connectivity index (χ1v) is 8.48. The Balaban J connectivity index is 2.04. The van der Waals surface area contributed by atoms with Gasteiger partial charge in [0.15, 0.2) is 0 Å². The molecule has 7 heteroatoms. The molecule has 1 aromatic rings. The van der Waals surface area contributed by atoms with Crippen LogP contribution < -0.4 is 0 Å². The molecule has 2 rings (SSSR count). The molecule has 140 valence electrons. The smallest absolute Gasteiger partial charge is 0.385 e. The second-order valence-corrected chi connectivity index (χ2v) is 6.45. The Morgan fingerprint density at radius 3 is 2.56 bits per heavy atom. The Labute approximate surface area is 145 Å². The van der Waals surface area contributed by atoms with Crippen molar-refractivity contribution in [2.45, 2.75) is 51.0 Å². The molecule has 1 aromatic carbocycles. The van der Waals surface area contributed by atoms with E-state index in [0.29, 0.717) is 6.61 Å². The van der Waals surface area contributed by atoms with E-state index in [-0.39, 0.29) is 37.4 Å². The summed E-state index contributed by atoms with van der Waals surface area (Å²) in [6, 6.07) is 4.77. The van der Waals surface area contributed by atoms with Gasteiger partial charge in [0.25, 0.3) is 5.91 Å². The van der Waals surface area contributed by atoms with Crippen molar-refractivity contribution in [2.24, 2.45) is 0 Å². The number of likely N-dealkylation sites (tertiary alicyclic amines) is 1. The van der Waals surface area contributed by atoms with E-state index in [1.807, 2.05) is 6.92 Å². The molecular weight excluding hydrogens is 335 g/mol. The van der Waals surface area contributed by atoms with Crippen LogP contribution in [0, 0.1) is 0 Å². The van der Waals surface area contributed by atoms with Crippen molar-refractivity contribution in [1.29, 1.82) is 0 Å². The zero-order chi connectivity index (χ0) is 18.7. The number of hydrogen-bond donors (Lipinski definition) is 1. The molecule has 1 N–H and O–H groups in total. The zero-order valence-corrected chi connectivity index (χ0v) is 14.5. The van der Waals surface area contributed by atoms with Crippen molar-refractivity contribution in [1.82, 2.24) is 4.90 Å². The monoisotopic (exact) mass is 359 g/mol. The number of amides is 1. The fourth-order valence-corrected chi connectivity index (χ4v) is 2.99. The maximum atomic E-state index is 12.9. The van der Waals surface area contributed by atoms with E-state index in [2.05, 4.69) is 0 Å². The normalized spacial score (nSPS) is 18.9. The lowest BCUT2D eigenvalue weighted by molar-refractivity contribution is -0.147. The molecule has 1 amide bonds. The Bertz CT molecular complexity index is 595. The van der Waals surface area contributed by atoms with Crippen LogP contribution in [0.3, 0.4) is 0 Å². The summed E-state index contributed by atoms with van der Waals surface area (Å²) < 4.78 is 44.0. The third kappa shape index (κ3) is 4.73. The van der Waals surface area contributed by atoms with E-state index >= 15 is 0 Å². The van der Waals surface area contributed by atoms with Gasteiger partial charge in [-0.05, 0) is 43.9 Å². The molecule has 0 aliphatic carbocycles. The van der Waals surface area contributed by atoms with Crippen LogP contribution in [0.15, 0.2) is 24.3 Å². The van der Waals surface area contributed by atoms with Crippen LogP contribution in [-0.2, 0) is 21.3 Å². The minimum atomic E-state index is -4.45. The standard InChI is InChI=1S/C18H24F3NO3/c1-3-11-25-13(2)16(23)22-9-7-17(24,8-10-22)14-5-4-6-15(12-14)18(19,20)21/h4-6,12-13,24H,3,7-11H2,1-2H3/t13-/m0/s1. The van der Waals surface area contributed by atoms with Gasteiger partial charge in [0.2, 0.25) is 0 Å². The fraction of sp³-hybridized carbons (Fsp3) is 0.611. The van der Waals surface area contributed by atoms with Crippen LogP contribution in [0.25, 0.3) is 0 Å². The first-order chi connectivity index (χ1) is 11.7. The van der Waals surface area contributed by atoms with Crippen LogP contribution in [0.5, 0.6) is 0 Å². The highest BCUT2D eigenvalue weighted by Gasteiger charge is 2.38. The Hall–Kier alpha value is -1.60.